The first-order chi connectivity index (χ1) is 18.6. The van der Waals surface area contributed by atoms with Crippen molar-refractivity contribution < 1.29 is 19.1 Å². The molecule has 0 spiro atoms. The number of amides is 1. The number of hydrogen-bond donors (Lipinski definition) is 1. The van der Waals surface area contributed by atoms with E-state index in [2.05, 4.69) is 15.4 Å². The SMILES string of the molecule is COc1nc(-c2cccc(-c3cccc(-c4cnn(CCNC(=O)OC(C)(C)C)c4)c3Cl)c2Cl)ccc1C=O. The van der Waals surface area contributed by atoms with Crippen LogP contribution in [0.1, 0.15) is 31.1 Å². The van der Waals surface area contributed by atoms with Crippen LogP contribution in [-0.4, -0.2) is 46.4 Å². The number of carbonyl (C=O) groups excluding carboxylic acids is 2. The highest BCUT2D eigenvalue weighted by Gasteiger charge is 2.18. The number of halogens is 2. The molecule has 4 rings (SSSR count). The lowest BCUT2D eigenvalue weighted by atomic mass is 9.97. The van der Waals surface area contributed by atoms with Gasteiger partial charge in [-0.05, 0) is 32.9 Å². The Morgan fingerprint density at radius 3 is 2.28 bits per heavy atom. The Bertz CT molecular complexity index is 1510. The van der Waals surface area contributed by atoms with Gasteiger partial charge in [0, 0.05) is 40.6 Å². The highest BCUT2D eigenvalue weighted by atomic mass is 35.5. The van der Waals surface area contributed by atoms with Crippen molar-refractivity contribution in [2.75, 3.05) is 13.7 Å². The van der Waals surface area contributed by atoms with Gasteiger partial charge in [0.15, 0.2) is 6.29 Å². The summed E-state index contributed by atoms with van der Waals surface area (Å²) in [5.41, 5.74) is 4.13. The summed E-state index contributed by atoms with van der Waals surface area (Å²) in [5, 5.41) is 8.11. The molecule has 0 atom stereocenters. The van der Waals surface area contributed by atoms with E-state index < -0.39 is 11.7 Å². The Morgan fingerprint density at radius 2 is 1.64 bits per heavy atom. The first kappa shape index (κ1) is 28.1. The second kappa shape index (κ2) is 11.9. The van der Waals surface area contributed by atoms with E-state index in [1.165, 1.54) is 7.11 Å². The molecule has 1 amide bonds. The number of methoxy groups -OCH3 is 1. The third kappa shape index (κ3) is 6.58. The molecular weight excluding hydrogens is 539 g/mol. The van der Waals surface area contributed by atoms with E-state index in [1.807, 2.05) is 63.4 Å². The molecule has 0 saturated heterocycles. The van der Waals surface area contributed by atoms with Crippen molar-refractivity contribution in [3.05, 3.63) is 76.5 Å². The Labute approximate surface area is 236 Å². The van der Waals surface area contributed by atoms with Crippen LogP contribution >= 0.6 is 23.2 Å². The lowest BCUT2D eigenvalue weighted by Gasteiger charge is -2.19. The number of ether oxygens (including phenoxy) is 2. The van der Waals surface area contributed by atoms with Crippen molar-refractivity contribution in [3.63, 3.8) is 0 Å². The molecule has 0 aliphatic heterocycles. The highest BCUT2D eigenvalue weighted by molar-refractivity contribution is 6.39. The molecule has 1 N–H and O–H groups in total. The number of pyridine rings is 1. The molecule has 0 aliphatic rings. The maximum Gasteiger partial charge on any atom is 0.407 e. The molecule has 0 fully saturated rings. The summed E-state index contributed by atoms with van der Waals surface area (Å²) >= 11 is 13.8. The smallest absolute Gasteiger partial charge is 0.407 e. The van der Waals surface area contributed by atoms with Crippen molar-refractivity contribution in [3.8, 4) is 39.4 Å². The summed E-state index contributed by atoms with van der Waals surface area (Å²) in [4.78, 5) is 27.6. The molecule has 0 aliphatic carbocycles. The highest BCUT2D eigenvalue weighted by Crippen LogP contribution is 2.42. The predicted octanol–water partition coefficient (Wildman–Crippen LogP) is 6.93. The number of alkyl carbamates (subject to hydrolysis) is 1. The average molecular weight is 567 g/mol. The molecule has 0 saturated carbocycles. The van der Waals surface area contributed by atoms with E-state index in [0.717, 1.165) is 22.3 Å². The fourth-order valence-corrected chi connectivity index (χ4v) is 4.63. The number of nitrogens with one attached hydrogen (secondary N) is 1. The van der Waals surface area contributed by atoms with Crippen LogP contribution in [0.15, 0.2) is 60.9 Å². The van der Waals surface area contributed by atoms with Crippen LogP contribution < -0.4 is 10.1 Å². The lowest BCUT2D eigenvalue weighted by molar-refractivity contribution is 0.0525. The zero-order chi connectivity index (χ0) is 28.2. The molecule has 8 nitrogen and oxygen atoms in total. The van der Waals surface area contributed by atoms with E-state index >= 15 is 0 Å². The second-order valence-electron chi connectivity index (χ2n) is 9.67. The fraction of sp³-hybridized carbons (Fsp3) is 0.241. The van der Waals surface area contributed by atoms with Gasteiger partial charge in [-0.2, -0.15) is 5.10 Å². The Hall–Kier alpha value is -3.88. The monoisotopic (exact) mass is 566 g/mol. The molecule has 0 radical (unpaired) electrons. The summed E-state index contributed by atoms with van der Waals surface area (Å²) in [6.07, 6.45) is 3.81. The third-order valence-electron chi connectivity index (χ3n) is 5.73. The number of nitrogens with zero attached hydrogens (tertiary/aromatic N) is 3. The lowest BCUT2D eigenvalue weighted by Crippen LogP contribution is -2.34. The molecule has 0 unspecified atom stereocenters. The largest absolute Gasteiger partial charge is 0.480 e. The van der Waals surface area contributed by atoms with Crippen LogP contribution in [0.5, 0.6) is 5.88 Å². The number of hydrogen-bond acceptors (Lipinski definition) is 6. The van der Waals surface area contributed by atoms with Gasteiger partial charge in [0.05, 0.1) is 41.2 Å². The van der Waals surface area contributed by atoms with Crippen LogP contribution in [0, 0.1) is 0 Å². The molecule has 2 heterocycles. The molecular formula is C29H28Cl2N4O4. The second-order valence-corrected chi connectivity index (χ2v) is 10.4. The first-order valence-corrected chi connectivity index (χ1v) is 12.9. The zero-order valence-corrected chi connectivity index (χ0v) is 23.5. The Morgan fingerprint density at radius 1 is 1.00 bits per heavy atom. The summed E-state index contributed by atoms with van der Waals surface area (Å²) < 4.78 is 12.2. The van der Waals surface area contributed by atoms with E-state index in [4.69, 9.17) is 32.7 Å². The number of aldehydes is 1. The Balaban J connectivity index is 1.58. The van der Waals surface area contributed by atoms with Crippen molar-refractivity contribution in [1.82, 2.24) is 20.1 Å². The minimum absolute atomic E-state index is 0.224. The minimum Gasteiger partial charge on any atom is -0.480 e. The van der Waals surface area contributed by atoms with E-state index in [0.29, 0.717) is 46.2 Å². The normalized spacial score (nSPS) is 11.2. The van der Waals surface area contributed by atoms with E-state index in [9.17, 15) is 9.59 Å². The van der Waals surface area contributed by atoms with Gasteiger partial charge in [-0.1, -0.05) is 59.6 Å². The molecule has 4 aromatic rings. The molecule has 202 valence electrons. The van der Waals surface area contributed by atoms with Gasteiger partial charge in [0.1, 0.15) is 5.60 Å². The van der Waals surface area contributed by atoms with Gasteiger partial charge < -0.3 is 14.8 Å². The standard InChI is InChI=1S/C29H28Cl2N4O4/c1-29(2,3)39-28(37)32-13-14-35-16-19(15-33-35)20-7-5-8-21(25(20)30)22-9-6-10-23(26(22)31)24-12-11-18(17-36)27(34-24)38-4/h5-12,15-17H,13-14H2,1-4H3,(H,32,37). The van der Waals surface area contributed by atoms with Crippen LogP contribution in [-0.2, 0) is 11.3 Å². The first-order valence-electron chi connectivity index (χ1n) is 12.2. The van der Waals surface area contributed by atoms with Gasteiger partial charge in [-0.25, -0.2) is 9.78 Å². The van der Waals surface area contributed by atoms with Gasteiger partial charge in [-0.15, -0.1) is 0 Å². The Kier molecular flexibility index (Phi) is 8.57. The fourth-order valence-electron chi connectivity index (χ4n) is 3.97. The number of aromatic nitrogens is 3. The minimum atomic E-state index is -0.558. The molecule has 10 heteroatoms. The topological polar surface area (TPSA) is 95.3 Å². The van der Waals surface area contributed by atoms with Gasteiger partial charge in [0.2, 0.25) is 5.88 Å². The molecule has 0 bridgehead atoms. The summed E-state index contributed by atoms with van der Waals surface area (Å²) in [7, 11) is 1.46. The third-order valence-corrected chi connectivity index (χ3v) is 6.54. The molecule has 2 aromatic heterocycles. The van der Waals surface area contributed by atoms with Crippen molar-refractivity contribution in [2.24, 2.45) is 0 Å². The quantitative estimate of drug-likeness (QED) is 0.232. The summed E-state index contributed by atoms with van der Waals surface area (Å²) in [5.74, 6) is 0.224. The predicted molar refractivity (Wildman–Crippen MR) is 153 cm³/mol. The molecule has 39 heavy (non-hydrogen) atoms. The summed E-state index contributed by atoms with van der Waals surface area (Å²) in [6.45, 7) is 6.26. The molecule has 2 aromatic carbocycles. The van der Waals surface area contributed by atoms with Crippen LogP contribution in [0.2, 0.25) is 10.0 Å². The van der Waals surface area contributed by atoms with E-state index in [-0.39, 0.29) is 5.88 Å². The average Bonchev–Trinajstić information content (AvgIpc) is 3.36. The summed E-state index contributed by atoms with van der Waals surface area (Å²) in [6, 6.07) is 14.7. The van der Waals surface area contributed by atoms with Gasteiger partial charge >= 0.3 is 6.09 Å². The van der Waals surface area contributed by atoms with Crippen molar-refractivity contribution in [2.45, 2.75) is 32.9 Å². The van der Waals surface area contributed by atoms with Gasteiger partial charge in [0.25, 0.3) is 0 Å². The van der Waals surface area contributed by atoms with Crippen molar-refractivity contribution in [1.29, 1.82) is 0 Å². The van der Waals surface area contributed by atoms with Crippen LogP contribution in [0.3, 0.4) is 0 Å². The van der Waals surface area contributed by atoms with Crippen LogP contribution in [0.25, 0.3) is 33.5 Å². The number of rotatable bonds is 8. The number of benzene rings is 2. The van der Waals surface area contributed by atoms with Crippen molar-refractivity contribution >= 4 is 35.6 Å². The van der Waals surface area contributed by atoms with Gasteiger partial charge in [-0.3, -0.25) is 9.48 Å². The van der Waals surface area contributed by atoms with E-state index in [1.54, 1.807) is 23.0 Å². The number of carbonyl (C=O) groups is 2. The van der Waals surface area contributed by atoms with Crippen LogP contribution in [0.4, 0.5) is 4.79 Å². The maximum absolute atomic E-state index is 11.9. The maximum atomic E-state index is 11.9. The zero-order valence-electron chi connectivity index (χ0n) is 22.0.